The normalized spacial score (nSPS) is 10.3. The van der Waals surface area contributed by atoms with Crippen LogP contribution < -0.4 is 4.74 Å². The summed E-state index contributed by atoms with van der Waals surface area (Å²) in [5.74, 6) is 1.26. The van der Waals surface area contributed by atoms with Crippen molar-refractivity contribution in [2.24, 2.45) is 0 Å². The number of carbonyl (C=O) groups excluding carboxylic acids is 1. The van der Waals surface area contributed by atoms with Crippen LogP contribution in [-0.4, -0.2) is 32.3 Å². The first-order valence-corrected chi connectivity index (χ1v) is 5.95. The molecule has 4 heteroatoms. The van der Waals surface area contributed by atoms with Crippen molar-refractivity contribution < 1.29 is 14.3 Å². The van der Waals surface area contributed by atoms with Gasteiger partial charge in [0.15, 0.2) is 0 Å². The average Bonchev–Trinajstić information content (AvgIpc) is 2.37. The van der Waals surface area contributed by atoms with Crippen molar-refractivity contribution >= 4 is 6.09 Å². The molecular weight excluding hydrogens is 230 g/mol. The summed E-state index contributed by atoms with van der Waals surface area (Å²) in [5, 5.41) is 0. The minimum Gasteiger partial charge on any atom is -0.496 e. The molecule has 0 aliphatic carbocycles. The minimum atomic E-state index is -0.336. The summed E-state index contributed by atoms with van der Waals surface area (Å²) < 4.78 is 10.00. The molecule has 0 spiro atoms. The Bertz CT molecular complexity index is 416. The quantitative estimate of drug-likeness (QED) is 0.825. The van der Waals surface area contributed by atoms with Crippen molar-refractivity contribution in [3.05, 3.63) is 29.3 Å². The zero-order valence-electron chi connectivity index (χ0n) is 11.7. The summed E-state index contributed by atoms with van der Waals surface area (Å²) in [4.78, 5) is 12.9. The molecule has 0 fully saturated rings. The maximum atomic E-state index is 11.3. The molecule has 0 unspecified atom stereocenters. The van der Waals surface area contributed by atoms with Gasteiger partial charge >= 0.3 is 6.09 Å². The highest BCUT2D eigenvalue weighted by Gasteiger charge is 2.12. The molecule has 100 valence electrons. The van der Waals surface area contributed by atoms with Gasteiger partial charge < -0.3 is 14.4 Å². The van der Waals surface area contributed by atoms with Crippen molar-refractivity contribution in [3.8, 4) is 5.75 Å². The Morgan fingerprint density at radius 2 is 2.00 bits per heavy atom. The molecule has 0 heterocycles. The van der Waals surface area contributed by atoms with Crippen LogP contribution in [0, 0.1) is 0 Å². The van der Waals surface area contributed by atoms with E-state index in [4.69, 9.17) is 4.74 Å². The second-order valence-corrected chi connectivity index (χ2v) is 4.56. The highest BCUT2D eigenvalue weighted by atomic mass is 16.5. The molecule has 0 radical (unpaired) electrons. The van der Waals surface area contributed by atoms with E-state index in [1.165, 1.54) is 12.0 Å². The predicted octanol–water partition coefficient (Wildman–Crippen LogP) is 3.02. The molecule has 4 nitrogen and oxygen atoms in total. The summed E-state index contributed by atoms with van der Waals surface area (Å²) in [6, 6.07) is 5.98. The van der Waals surface area contributed by atoms with Gasteiger partial charge in [0.25, 0.3) is 0 Å². The largest absolute Gasteiger partial charge is 0.496 e. The van der Waals surface area contributed by atoms with Crippen molar-refractivity contribution in [2.75, 3.05) is 21.3 Å². The first-order valence-electron chi connectivity index (χ1n) is 5.95. The maximum absolute atomic E-state index is 11.3. The fourth-order valence-corrected chi connectivity index (χ4v) is 1.83. The Hall–Kier alpha value is -1.71. The van der Waals surface area contributed by atoms with E-state index >= 15 is 0 Å². The predicted molar refractivity (Wildman–Crippen MR) is 71.0 cm³/mol. The lowest BCUT2D eigenvalue weighted by Gasteiger charge is -2.18. The van der Waals surface area contributed by atoms with E-state index in [9.17, 15) is 4.79 Å². The first-order chi connectivity index (χ1) is 8.49. The van der Waals surface area contributed by atoms with Crippen LogP contribution in [-0.2, 0) is 11.3 Å². The molecular formula is C14H21NO3. The van der Waals surface area contributed by atoms with Gasteiger partial charge in [0.1, 0.15) is 5.75 Å². The van der Waals surface area contributed by atoms with Gasteiger partial charge in [-0.2, -0.15) is 0 Å². The van der Waals surface area contributed by atoms with Gasteiger partial charge in [-0.3, -0.25) is 0 Å². The molecule has 0 atom stereocenters. The number of amides is 1. The number of benzene rings is 1. The monoisotopic (exact) mass is 251 g/mol. The van der Waals surface area contributed by atoms with Crippen LogP contribution in [0.5, 0.6) is 5.75 Å². The lowest BCUT2D eigenvalue weighted by Crippen LogP contribution is -2.25. The molecule has 0 aliphatic rings. The molecule has 1 rings (SSSR count). The summed E-state index contributed by atoms with van der Waals surface area (Å²) >= 11 is 0. The van der Waals surface area contributed by atoms with E-state index in [2.05, 4.69) is 24.7 Å². The fourth-order valence-electron chi connectivity index (χ4n) is 1.83. The molecule has 0 aromatic heterocycles. The van der Waals surface area contributed by atoms with Gasteiger partial charge in [-0.25, -0.2) is 4.79 Å². The fraction of sp³-hybridized carbons (Fsp3) is 0.500. The Balaban J connectivity index is 2.91. The van der Waals surface area contributed by atoms with Crippen LogP contribution >= 0.6 is 0 Å². The number of hydrogen-bond acceptors (Lipinski definition) is 3. The van der Waals surface area contributed by atoms with E-state index in [-0.39, 0.29) is 6.09 Å². The SMILES string of the molecule is COC(=O)N(C)Cc1ccc(OC)c(C(C)C)c1. The highest BCUT2D eigenvalue weighted by Crippen LogP contribution is 2.27. The summed E-state index contributed by atoms with van der Waals surface area (Å²) in [6.07, 6.45) is -0.336. The standard InChI is InChI=1S/C14H21NO3/c1-10(2)12-8-11(6-7-13(12)17-4)9-15(3)14(16)18-5/h6-8,10H,9H2,1-5H3. The summed E-state index contributed by atoms with van der Waals surface area (Å²) in [6.45, 7) is 4.76. The van der Waals surface area contributed by atoms with Crippen molar-refractivity contribution in [3.63, 3.8) is 0 Å². The van der Waals surface area contributed by atoms with Crippen molar-refractivity contribution in [1.29, 1.82) is 0 Å². The third-order valence-corrected chi connectivity index (χ3v) is 2.82. The molecule has 0 aliphatic heterocycles. The van der Waals surface area contributed by atoms with Crippen LogP contribution in [0.25, 0.3) is 0 Å². The van der Waals surface area contributed by atoms with Gasteiger partial charge in [0, 0.05) is 13.6 Å². The molecule has 1 aromatic carbocycles. The summed E-state index contributed by atoms with van der Waals surface area (Å²) in [7, 11) is 4.76. The Labute approximate surface area is 108 Å². The van der Waals surface area contributed by atoms with E-state index in [1.807, 2.05) is 12.1 Å². The van der Waals surface area contributed by atoms with E-state index in [1.54, 1.807) is 14.2 Å². The number of rotatable bonds is 4. The van der Waals surface area contributed by atoms with Gasteiger partial charge in [-0.1, -0.05) is 26.0 Å². The molecule has 1 amide bonds. The van der Waals surface area contributed by atoms with Gasteiger partial charge in [-0.15, -0.1) is 0 Å². The van der Waals surface area contributed by atoms with Crippen molar-refractivity contribution in [1.82, 2.24) is 4.90 Å². The Kier molecular flexibility index (Phi) is 5.01. The van der Waals surface area contributed by atoms with Crippen LogP contribution in [0.4, 0.5) is 4.79 Å². The maximum Gasteiger partial charge on any atom is 0.409 e. The average molecular weight is 251 g/mol. The van der Waals surface area contributed by atoms with Crippen LogP contribution in [0.1, 0.15) is 30.9 Å². The zero-order valence-corrected chi connectivity index (χ0v) is 11.7. The summed E-state index contributed by atoms with van der Waals surface area (Å²) in [5.41, 5.74) is 2.21. The molecule has 1 aromatic rings. The minimum absolute atomic E-state index is 0.336. The topological polar surface area (TPSA) is 38.8 Å². The molecule has 0 saturated heterocycles. The van der Waals surface area contributed by atoms with Crippen LogP contribution in [0.15, 0.2) is 18.2 Å². The lowest BCUT2D eigenvalue weighted by atomic mass is 9.99. The van der Waals surface area contributed by atoms with Gasteiger partial charge in [0.05, 0.1) is 14.2 Å². The van der Waals surface area contributed by atoms with Crippen LogP contribution in [0.2, 0.25) is 0 Å². The number of methoxy groups -OCH3 is 2. The second kappa shape index (κ2) is 6.28. The third kappa shape index (κ3) is 3.39. The molecule has 18 heavy (non-hydrogen) atoms. The number of hydrogen-bond donors (Lipinski definition) is 0. The number of nitrogens with zero attached hydrogens (tertiary/aromatic N) is 1. The number of ether oxygens (including phenoxy) is 2. The second-order valence-electron chi connectivity index (χ2n) is 4.56. The molecule has 0 N–H and O–H groups in total. The molecule has 0 bridgehead atoms. The van der Waals surface area contributed by atoms with Gasteiger partial charge in [-0.05, 0) is 23.1 Å². The first kappa shape index (κ1) is 14.4. The number of carbonyl (C=O) groups is 1. The zero-order chi connectivity index (χ0) is 13.7. The van der Waals surface area contributed by atoms with E-state index in [0.29, 0.717) is 12.5 Å². The third-order valence-electron chi connectivity index (χ3n) is 2.82. The van der Waals surface area contributed by atoms with E-state index in [0.717, 1.165) is 16.9 Å². The molecule has 0 saturated carbocycles. The van der Waals surface area contributed by atoms with Gasteiger partial charge in [0.2, 0.25) is 0 Å². The smallest absolute Gasteiger partial charge is 0.409 e. The Morgan fingerprint density at radius 3 is 2.50 bits per heavy atom. The Morgan fingerprint density at radius 1 is 1.33 bits per heavy atom. The van der Waals surface area contributed by atoms with E-state index < -0.39 is 0 Å². The lowest BCUT2D eigenvalue weighted by molar-refractivity contribution is 0.131. The van der Waals surface area contributed by atoms with Crippen molar-refractivity contribution in [2.45, 2.75) is 26.3 Å². The highest BCUT2D eigenvalue weighted by molar-refractivity contribution is 5.67. The van der Waals surface area contributed by atoms with Crippen LogP contribution in [0.3, 0.4) is 0 Å².